The number of likely N-dealkylation sites (tertiary alicyclic amines) is 1. The van der Waals surface area contributed by atoms with Gasteiger partial charge in [0.25, 0.3) is 0 Å². The second-order valence-electron chi connectivity index (χ2n) is 3.57. The molecule has 0 atom stereocenters. The summed E-state index contributed by atoms with van der Waals surface area (Å²) in [4.78, 5) is 2.44. The average Bonchev–Trinajstić information content (AvgIpc) is 1.96. The van der Waals surface area contributed by atoms with E-state index in [-0.39, 0.29) is 0 Å². The van der Waals surface area contributed by atoms with Gasteiger partial charge in [-0.2, -0.15) is 0 Å². The van der Waals surface area contributed by atoms with E-state index in [9.17, 15) is 0 Å². The molecule has 1 heterocycles. The highest BCUT2D eigenvalue weighted by atomic mass is 15.1. The molecule has 0 radical (unpaired) electrons. The predicted octanol–water partition coefficient (Wildman–Crippen LogP) is 1.08. The molecule has 2 heteroatoms. The standard InChI is InChI=1S/C9H20N2/c1-10-9-5-3-7-11(2)8-4-6-9/h9-10H,3-8H2,1-2H3. The summed E-state index contributed by atoms with van der Waals surface area (Å²) in [6.45, 7) is 2.55. The lowest BCUT2D eigenvalue weighted by molar-refractivity contribution is 0.276. The van der Waals surface area contributed by atoms with Crippen molar-refractivity contribution in [2.75, 3.05) is 27.2 Å². The Morgan fingerprint density at radius 1 is 1.18 bits per heavy atom. The van der Waals surface area contributed by atoms with Gasteiger partial charge in [-0.15, -0.1) is 0 Å². The molecule has 66 valence electrons. The van der Waals surface area contributed by atoms with Crippen molar-refractivity contribution >= 4 is 0 Å². The van der Waals surface area contributed by atoms with Crippen LogP contribution in [-0.4, -0.2) is 38.1 Å². The molecule has 1 saturated heterocycles. The maximum Gasteiger partial charge on any atom is 0.00650 e. The molecule has 0 unspecified atom stereocenters. The van der Waals surface area contributed by atoms with Gasteiger partial charge in [0.05, 0.1) is 0 Å². The van der Waals surface area contributed by atoms with Crippen LogP contribution in [0.25, 0.3) is 0 Å². The highest BCUT2D eigenvalue weighted by Crippen LogP contribution is 2.09. The monoisotopic (exact) mass is 156 g/mol. The van der Waals surface area contributed by atoms with Crippen LogP contribution in [0.15, 0.2) is 0 Å². The molecular weight excluding hydrogens is 136 g/mol. The summed E-state index contributed by atoms with van der Waals surface area (Å²) >= 11 is 0. The Morgan fingerprint density at radius 2 is 1.73 bits per heavy atom. The van der Waals surface area contributed by atoms with Crippen LogP contribution in [0.4, 0.5) is 0 Å². The van der Waals surface area contributed by atoms with E-state index in [0.717, 1.165) is 6.04 Å². The van der Waals surface area contributed by atoms with Crippen molar-refractivity contribution in [1.29, 1.82) is 0 Å². The molecule has 1 rings (SSSR count). The third-order valence-corrected chi connectivity index (χ3v) is 2.59. The van der Waals surface area contributed by atoms with Gasteiger partial charge in [0.2, 0.25) is 0 Å². The molecule has 1 N–H and O–H groups in total. The number of nitrogens with zero attached hydrogens (tertiary/aromatic N) is 1. The first kappa shape index (κ1) is 9.01. The van der Waals surface area contributed by atoms with Gasteiger partial charge in [0, 0.05) is 6.04 Å². The van der Waals surface area contributed by atoms with Crippen LogP contribution in [0, 0.1) is 0 Å². The van der Waals surface area contributed by atoms with E-state index >= 15 is 0 Å². The minimum absolute atomic E-state index is 0.781. The molecule has 1 aliphatic rings. The zero-order valence-electron chi connectivity index (χ0n) is 7.77. The van der Waals surface area contributed by atoms with Crippen molar-refractivity contribution in [2.24, 2.45) is 0 Å². The topological polar surface area (TPSA) is 15.3 Å². The molecule has 0 saturated carbocycles. The van der Waals surface area contributed by atoms with Crippen LogP contribution in [0.5, 0.6) is 0 Å². The summed E-state index contributed by atoms with van der Waals surface area (Å²) in [7, 11) is 4.30. The fraction of sp³-hybridized carbons (Fsp3) is 1.00. The van der Waals surface area contributed by atoms with E-state index in [4.69, 9.17) is 0 Å². The number of hydrogen-bond donors (Lipinski definition) is 1. The quantitative estimate of drug-likeness (QED) is 0.611. The third kappa shape index (κ3) is 3.21. The summed E-state index contributed by atoms with van der Waals surface area (Å²) in [6.07, 6.45) is 5.39. The van der Waals surface area contributed by atoms with Crippen LogP contribution >= 0.6 is 0 Å². The van der Waals surface area contributed by atoms with Gasteiger partial charge in [0.15, 0.2) is 0 Å². The Bertz CT molecular complexity index is 93.7. The number of hydrogen-bond acceptors (Lipinski definition) is 2. The van der Waals surface area contributed by atoms with Gasteiger partial charge in [0.1, 0.15) is 0 Å². The van der Waals surface area contributed by atoms with Crippen molar-refractivity contribution < 1.29 is 0 Å². The zero-order chi connectivity index (χ0) is 8.10. The Hall–Kier alpha value is -0.0800. The van der Waals surface area contributed by atoms with Gasteiger partial charge < -0.3 is 10.2 Å². The summed E-state index contributed by atoms with van der Waals surface area (Å²) in [5.41, 5.74) is 0. The minimum atomic E-state index is 0.781. The van der Waals surface area contributed by atoms with Crippen molar-refractivity contribution in [1.82, 2.24) is 10.2 Å². The molecule has 0 aromatic carbocycles. The minimum Gasteiger partial charge on any atom is -0.317 e. The molecule has 0 spiro atoms. The molecule has 1 fully saturated rings. The Balaban J connectivity index is 2.22. The van der Waals surface area contributed by atoms with Gasteiger partial charge in [-0.1, -0.05) is 0 Å². The SMILES string of the molecule is CNC1CCCN(C)CCC1. The third-order valence-electron chi connectivity index (χ3n) is 2.59. The fourth-order valence-corrected chi connectivity index (χ4v) is 1.76. The molecule has 0 bridgehead atoms. The van der Waals surface area contributed by atoms with Crippen LogP contribution in [0.2, 0.25) is 0 Å². The lowest BCUT2D eigenvalue weighted by atomic mass is 10.0. The van der Waals surface area contributed by atoms with Gasteiger partial charge in [-0.25, -0.2) is 0 Å². The first-order chi connectivity index (χ1) is 5.33. The van der Waals surface area contributed by atoms with Crippen molar-refractivity contribution in [3.8, 4) is 0 Å². The van der Waals surface area contributed by atoms with E-state index < -0.39 is 0 Å². The van der Waals surface area contributed by atoms with Crippen molar-refractivity contribution in [2.45, 2.75) is 31.7 Å². The maximum absolute atomic E-state index is 3.37. The normalized spacial score (nSPS) is 24.5. The Kier molecular flexibility index (Phi) is 3.87. The second kappa shape index (κ2) is 4.73. The fourth-order valence-electron chi connectivity index (χ4n) is 1.76. The number of nitrogens with one attached hydrogen (secondary N) is 1. The zero-order valence-corrected chi connectivity index (χ0v) is 7.77. The van der Waals surface area contributed by atoms with Crippen LogP contribution in [0.1, 0.15) is 25.7 Å². The smallest absolute Gasteiger partial charge is 0.00650 e. The summed E-state index contributed by atoms with van der Waals surface area (Å²) in [5, 5.41) is 3.37. The van der Waals surface area contributed by atoms with E-state index in [1.54, 1.807) is 0 Å². The lowest BCUT2D eigenvalue weighted by Gasteiger charge is -2.24. The van der Waals surface area contributed by atoms with Gasteiger partial charge >= 0.3 is 0 Å². The van der Waals surface area contributed by atoms with E-state index in [1.165, 1.54) is 38.8 Å². The molecule has 11 heavy (non-hydrogen) atoms. The second-order valence-corrected chi connectivity index (χ2v) is 3.57. The molecule has 0 aromatic rings. The number of rotatable bonds is 1. The van der Waals surface area contributed by atoms with E-state index in [2.05, 4.69) is 24.3 Å². The average molecular weight is 156 g/mol. The molecule has 0 amide bonds. The van der Waals surface area contributed by atoms with E-state index in [1.807, 2.05) is 0 Å². The van der Waals surface area contributed by atoms with Crippen LogP contribution < -0.4 is 5.32 Å². The molecule has 2 nitrogen and oxygen atoms in total. The first-order valence-corrected chi connectivity index (χ1v) is 4.68. The lowest BCUT2D eigenvalue weighted by Crippen LogP contribution is -2.31. The van der Waals surface area contributed by atoms with Crippen molar-refractivity contribution in [3.05, 3.63) is 0 Å². The van der Waals surface area contributed by atoms with Gasteiger partial charge in [-0.3, -0.25) is 0 Å². The summed E-state index contributed by atoms with van der Waals surface area (Å²) in [6, 6.07) is 0.781. The Morgan fingerprint density at radius 3 is 2.18 bits per heavy atom. The van der Waals surface area contributed by atoms with Crippen LogP contribution in [-0.2, 0) is 0 Å². The largest absolute Gasteiger partial charge is 0.317 e. The molecular formula is C9H20N2. The van der Waals surface area contributed by atoms with Crippen LogP contribution in [0.3, 0.4) is 0 Å². The van der Waals surface area contributed by atoms with E-state index in [0.29, 0.717) is 0 Å². The molecule has 0 aliphatic carbocycles. The van der Waals surface area contributed by atoms with Gasteiger partial charge in [-0.05, 0) is 52.9 Å². The highest BCUT2D eigenvalue weighted by Gasteiger charge is 2.10. The van der Waals surface area contributed by atoms with Crippen molar-refractivity contribution in [3.63, 3.8) is 0 Å². The predicted molar refractivity (Wildman–Crippen MR) is 48.8 cm³/mol. The highest BCUT2D eigenvalue weighted by molar-refractivity contribution is 4.69. The Labute approximate surface area is 70.0 Å². The maximum atomic E-state index is 3.37. The molecule has 0 aromatic heterocycles. The summed E-state index contributed by atoms with van der Waals surface area (Å²) < 4.78 is 0. The summed E-state index contributed by atoms with van der Waals surface area (Å²) in [5.74, 6) is 0. The first-order valence-electron chi connectivity index (χ1n) is 4.68. The molecule has 1 aliphatic heterocycles.